The smallest absolute Gasteiger partial charge is 0.238 e. The van der Waals surface area contributed by atoms with Crippen molar-refractivity contribution in [1.82, 2.24) is 10.2 Å². The highest BCUT2D eigenvalue weighted by molar-refractivity contribution is 8.01. The first-order chi connectivity index (χ1) is 7.95. The molecule has 0 aliphatic carbocycles. The zero-order valence-electron chi connectivity index (χ0n) is 8.40. The molecular formula is C8H8N4O2S3. The summed E-state index contributed by atoms with van der Waals surface area (Å²) in [6.07, 6.45) is 0. The van der Waals surface area contributed by atoms with Crippen molar-refractivity contribution in [2.75, 3.05) is 5.73 Å². The van der Waals surface area contributed by atoms with Crippen LogP contribution in [0.15, 0.2) is 37.8 Å². The van der Waals surface area contributed by atoms with E-state index in [1.54, 1.807) is 11.6 Å². The summed E-state index contributed by atoms with van der Waals surface area (Å²) >= 11 is 2.64. The fourth-order valence-electron chi connectivity index (χ4n) is 1.13. The summed E-state index contributed by atoms with van der Waals surface area (Å²) < 4.78 is 23.2. The first-order valence-corrected chi connectivity index (χ1v) is 7.57. The molecule has 17 heavy (non-hydrogen) atoms. The lowest BCUT2D eigenvalue weighted by molar-refractivity contribution is 0.597. The van der Waals surface area contributed by atoms with Gasteiger partial charge in [-0.25, -0.2) is 13.6 Å². The van der Waals surface area contributed by atoms with E-state index in [-0.39, 0.29) is 4.90 Å². The Balaban J connectivity index is 2.39. The van der Waals surface area contributed by atoms with E-state index in [9.17, 15) is 8.42 Å². The maximum Gasteiger partial charge on any atom is 0.238 e. The van der Waals surface area contributed by atoms with Gasteiger partial charge in [-0.1, -0.05) is 23.1 Å². The molecule has 0 aliphatic heterocycles. The Bertz CT molecular complexity index is 624. The largest absolute Gasteiger partial charge is 0.399 e. The molecule has 0 atom stereocenters. The predicted octanol–water partition coefficient (Wildman–Crippen LogP) is 0.919. The van der Waals surface area contributed by atoms with E-state index in [4.69, 9.17) is 10.9 Å². The maximum atomic E-state index is 11.2. The SMILES string of the molecule is Nc1cc(Sc2nncs2)cc(S(N)(=O)=O)c1. The van der Waals surface area contributed by atoms with Gasteiger partial charge in [-0.15, -0.1) is 10.2 Å². The number of hydrogen-bond acceptors (Lipinski definition) is 7. The van der Waals surface area contributed by atoms with Crippen LogP contribution in [-0.4, -0.2) is 18.6 Å². The fourth-order valence-corrected chi connectivity index (χ4v) is 3.35. The lowest BCUT2D eigenvalue weighted by Gasteiger charge is -2.03. The number of aromatic nitrogens is 2. The Morgan fingerprint density at radius 2 is 2.06 bits per heavy atom. The van der Waals surface area contributed by atoms with Gasteiger partial charge >= 0.3 is 0 Å². The predicted molar refractivity (Wildman–Crippen MR) is 66.3 cm³/mol. The molecule has 9 heteroatoms. The van der Waals surface area contributed by atoms with Gasteiger partial charge in [0.25, 0.3) is 0 Å². The molecule has 0 spiro atoms. The van der Waals surface area contributed by atoms with E-state index in [0.717, 1.165) is 0 Å². The second-order valence-corrected chi connectivity index (χ2v) is 6.80. The number of sulfonamides is 1. The summed E-state index contributed by atoms with van der Waals surface area (Å²) in [5.41, 5.74) is 7.55. The van der Waals surface area contributed by atoms with E-state index in [1.165, 1.54) is 35.2 Å². The standard InChI is InChI=1S/C8H8N4O2S3/c9-5-1-6(16-8-12-11-4-15-8)3-7(2-5)17(10,13)14/h1-4H,9H2,(H2,10,13,14). The van der Waals surface area contributed by atoms with Crippen molar-refractivity contribution >= 4 is 38.8 Å². The van der Waals surface area contributed by atoms with Crippen LogP contribution in [-0.2, 0) is 10.0 Å². The number of hydrogen-bond donors (Lipinski definition) is 2. The summed E-state index contributed by atoms with van der Waals surface area (Å²) in [6.45, 7) is 0. The molecule has 0 aliphatic rings. The highest BCUT2D eigenvalue weighted by Crippen LogP contribution is 2.31. The minimum absolute atomic E-state index is 0.00971. The van der Waals surface area contributed by atoms with Crippen LogP contribution in [0.5, 0.6) is 0 Å². The first kappa shape index (κ1) is 12.3. The second-order valence-electron chi connectivity index (χ2n) is 3.09. The van der Waals surface area contributed by atoms with Gasteiger partial charge in [-0.3, -0.25) is 0 Å². The van der Waals surface area contributed by atoms with Crippen molar-refractivity contribution in [3.05, 3.63) is 23.7 Å². The molecule has 1 heterocycles. The van der Waals surface area contributed by atoms with Crippen LogP contribution >= 0.6 is 23.1 Å². The molecule has 0 radical (unpaired) electrons. The van der Waals surface area contributed by atoms with Crippen LogP contribution in [0, 0.1) is 0 Å². The lowest BCUT2D eigenvalue weighted by Crippen LogP contribution is -2.12. The Labute approximate surface area is 106 Å². The number of benzene rings is 1. The Morgan fingerprint density at radius 3 is 2.65 bits per heavy atom. The van der Waals surface area contributed by atoms with Gasteiger partial charge in [0.05, 0.1) is 4.90 Å². The molecule has 6 nitrogen and oxygen atoms in total. The molecule has 1 aromatic carbocycles. The number of nitrogens with zero attached hydrogens (tertiary/aromatic N) is 2. The lowest BCUT2D eigenvalue weighted by atomic mass is 10.3. The van der Waals surface area contributed by atoms with Crippen molar-refractivity contribution in [2.45, 2.75) is 14.1 Å². The Morgan fingerprint density at radius 1 is 1.29 bits per heavy atom. The van der Waals surface area contributed by atoms with Crippen molar-refractivity contribution in [3.63, 3.8) is 0 Å². The average Bonchev–Trinajstić information content (AvgIpc) is 2.68. The fraction of sp³-hybridized carbons (Fsp3) is 0. The second kappa shape index (κ2) is 4.61. The number of rotatable bonds is 3. The van der Waals surface area contributed by atoms with Crippen LogP contribution in [0.3, 0.4) is 0 Å². The highest BCUT2D eigenvalue weighted by atomic mass is 32.2. The van der Waals surface area contributed by atoms with Crippen LogP contribution in [0.1, 0.15) is 0 Å². The van der Waals surface area contributed by atoms with Crippen molar-refractivity contribution in [1.29, 1.82) is 0 Å². The molecule has 0 bridgehead atoms. The molecule has 1 aromatic heterocycles. The molecule has 90 valence electrons. The van der Waals surface area contributed by atoms with Gasteiger partial charge in [0.15, 0.2) is 4.34 Å². The molecule has 4 N–H and O–H groups in total. The monoisotopic (exact) mass is 288 g/mol. The van der Waals surface area contributed by atoms with Gasteiger partial charge in [0.2, 0.25) is 10.0 Å². The molecule has 0 amide bonds. The molecule has 0 saturated heterocycles. The summed E-state index contributed by atoms with van der Waals surface area (Å²) in [7, 11) is -3.75. The van der Waals surface area contributed by atoms with Crippen LogP contribution in [0.25, 0.3) is 0 Å². The van der Waals surface area contributed by atoms with Gasteiger partial charge < -0.3 is 5.73 Å². The molecule has 0 unspecified atom stereocenters. The topological polar surface area (TPSA) is 112 Å². The number of primary sulfonamides is 1. The Hall–Kier alpha value is -1.16. The van der Waals surface area contributed by atoms with Crippen LogP contribution < -0.4 is 10.9 Å². The minimum Gasteiger partial charge on any atom is -0.399 e. The quantitative estimate of drug-likeness (QED) is 0.812. The van der Waals surface area contributed by atoms with Gasteiger partial charge in [0.1, 0.15) is 5.51 Å². The summed E-state index contributed by atoms with van der Waals surface area (Å²) in [5, 5.41) is 12.6. The molecule has 0 fully saturated rings. The van der Waals surface area contributed by atoms with E-state index in [0.29, 0.717) is 14.9 Å². The first-order valence-electron chi connectivity index (χ1n) is 4.32. The van der Waals surface area contributed by atoms with Gasteiger partial charge in [-0.05, 0) is 18.2 Å². The van der Waals surface area contributed by atoms with Gasteiger partial charge in [0, 0.05) is 10.6 Å². The van der Waals surface area contributed by atoms with E-state index in [2.05, 4.69) is 10.2 Å². The molecular weight excluding hydrogens is 280 g/mol. The van der Waals surface area contributed by atoms with Crippen molar-refractivity contribution in [3.8, 4) is 0 Å². The van der Waals surface area contributed by atoms with E-state index in [1.807, 2.05) is 0 Å². The summed E-state index contributed by atoms with van der Waals surface area (Å²) in [4.78, 5) is 0.648. The average molecular weight is 288 g/mol. The minimum atomic E-state index is -3.75. The van der Waals surface area contributed by atoms with Crippen molar-refractivity contribution in [2.24, 2.45) is 5.14 Å². The molecule has 2 aromatic rings. The normalized spacial score (nSPS) is 11.6. The van der Waals surface area contributed by atoms with Crippen molar-refractivity contribution < 1.29 is 8.42 Å². The number of nitrogens with two attached hydrogens (primary N) is 2. The number of anilines is 1. The summed E-state index contributed by atoms with van der Waals surface area (Å²) in [5.74, 6) is 0. The third-order valence-electron chi connectivity index (χ3n) is 1.78. The highest BCUT2D eigenvalue weighted by Gasteiger charge is 2.11. The molecule has 0 saturated carbocycles. The van der Waals surface area contributed by atoms with Crippen LogP contribution in [0.2, 0.25) is 0 Å². The van der Waals surface area contributed by atoms with Crippen LogP contribution in [0.4, 0.5) is 5.69 Å². The van der Waals surface area contributed by atoms with E-state index >= 15 is 0 Å². The third-order valence-corrected chi connectivity index (χ3v) is 4.42. The van der Waals surface area contributed by atoms with E-state index < -0.39 is 10.0 Å². The van der Waals surface area contributed by atoms with Gasteiger partial charge in [-0.2, -0.15) is 0 Å². The zero-order valence-corrected chi connectivity index (χ0v) is 10.8. The number of nitrogen functional groups attached to an aromatic ring is 1. The summed E-state index contributed by atoms with van der Waals surface area (Å²) in [6, 6.07) is 4.43. The Kier molecular flexibility index (Phi) is 3.33. The molecule has 2 rings (SSSR count). The maximum absolute atomic E-state index is 11.2. The zero-order chi connectivity index (χ0) is 12.5. The third kappa shape index (κ3) is 3.16.